The number of aromatic nitrogens is 2. The molecule has 0 aliphatic heterocycles. The summed E-state index contributed by atoms with van der Waals surface area (Å²) >= 11 is 3.17. The predicted octanol–water partition coefficient (Wildman–Crippen LogP) is 3.62. The van der Waals surface area contributed by atoms with E-state index < -0.39 is 11.6 Å². The average Bonchev–Trinajstić information content (AvgIpc) is 2.21. The van der Waals surface area contributed by atoms with Crippen LogP contribution in [0.5, 0.6) is 11.6 Å². The second kappa shape index (κ2) is 4.75. The molecule has 2 aromatic rings. The van der Waals surface area contributed by atoms with Gasteiger partial charge in [0.05, 0.1) is 0 Å². The molecule has 0 aliphatic carbocycles. The van der Waals surface area contributed by atoms with Crippen molar-refractivity contribution in [3.05, 3.63) is 46.3 Å². The van der Waals surface area contributed by atoms with E-state index in [4.69, 9.17) is 4.74 Å². The number of benzene rings is 1. The summed E-state index contributed by atoms with van der Waals surface area (Å²) in [7, 11) is 0. The summed E-state index contributed by atoms with van der Waals surface area (Å²) in [5.41, 5.74) is 0. The lowest BCUT2D eigenvalue weighted by atomic mass is 10.3. The predicted molar refractivity (Wildman–Crippen MR) is 60.9 cm³/mol. The van der Waals surface area contributed by atoms with Crippen LogP contribution in [0, 0.1) is 18.6 Å². The summed E-state index contributed by atoms with van der Waals surface area (Å²) in [6.45, 7) is 1.68. The molecule has 0 amide bonds. The van der Waals surface area contributed by atoms with Crippen molar-refractivity contribution < 1.29 is 13.5 Å². The zero-order chi connectivity index (χ0) is 12.4. The standard InChI is InChI=1S/C11H7BrF2N2O/c1-6-15-10(12)5-11(16-6)17-9-3-2-7(13)4-8(9)14/h2-5H,1H3. The van der Waals surface area contributed by atoms with E-state index in [1.807, 2.05) is 0 Å². The summed E-state index contributed by atoms with van der Waals surface area (Å²) in [5.74, 6) is -0.851. The van der Waals surface area contributed by atoms with Crippen molar-refractivity contribution in [3.8, 4) is 11.6 Å². The smallest absolute Gasteiger partial charge is 0.223 e. The van der Waals surface area contributed by atoms with Crippen LogP contribution >= 0.6 is 15.9 Å². The van der Waals surface area contributed by atoms with Crippen molar-refractivity contribution in [1.82, 2.24) is 9.97 Å². The third-order valence-corrected chi connectivity index (χ3v) is 2.30. The van der Waals surface area contributed by atoms with Gasteiger partial charge in [0.15, 0.2) is 11.6 Å². The first-order valence-corrected chi connectivity index (χ1v) is 5.48. The van der Waals surface area contributed by atoms with Gasteiger partial charge in [0.25, 0.3) is 0 Å². The minimum atomic E-state index is -0.780. The van der Waals surface area contributed by atoms with Gasteiger partial charge < -0.3 is 4.74 Å². The van der Waals surface area contributed by atoms with Gasteiger partial charge in [-0.1, -0.05) is 0 Å². The van der Waals surface area contributed by atoms with Crippen LogP contribution in [0.4, 0.5) is 8.78 Å². The van der Waals surface area contributed by atoms with Gasteiger partial charge in [0.2, 0.25) is 5.88 Å². The van der Waals surface area contributed by atoms with Gasteiger partial charge in [0.1, 0.15) is 16.2 Å². The molecule has 0 saturated carbocycles. The lowest BCUT2D eigenvalue weighted by molar-refractivity contribution is 0.421. The average molecular weight is 301 g/mol. The van der Waals surface area contributed by atoms with Gasteiger partial charge in [-0.05, 0) is 35.0 Å². The molecule has 0 radical (unpaired) electrons. The highest BCUT2D eigenvalue weighted by Gasteiger charge is 2.08. The molecule has 1 heterocycles. The lowest BCUT2D eigenvalue weighted by Crippen LogP contribution is -1.95. The number of halogens is 3. The fourth-order valence-corrected chi connectivity index (χ4v) is 1.68. The highest BCUT2D eigenvalue weighted by molar-refractivity contribution is 9.10. The number of nitrogens with zero attached hydrogens (tertiary/aromatic N) is 2. The molecule has 0 N–H and O–H groups in total. The van der Waals surface area contributed by atoms with Crippen LogP contribution in [-0.4, -0.2) is 9.97 Å². The SMILES string of the molecule is Cc1nc(Br)cc(Oc2ccc(F)cc2F)n1. The Morgan fingerprint density at radius 1 is 1.18 bits per heavy atom. The number of rotatable bonds is 2. The number of ether oxygens (including phenoxy) is 1. The molecule has 0 atom stereocenters. The highest BCUT2D eigenvalue weighted by atomic mass is 79.9. The van der Waals surface area contributed by atoms with Crippen molar-refractivity contribution >= 4 is 15.9 Å². The zero-order valence-electron chi connectivity index (χ0n) is 8.75. The van der Waals surface area contributed by atoms with Gasteiger partial charge in [-0.25, -0.2) is 13.8 Å². The molecule has 0 fully saturated rings. The van der Waals surface area contributed by atoms with Crippen LogP contribution in [-0.2, 0) is 0 Å². The van der Waals surface area contributed by atoms with Crippen molar-refractivity contribution in [1.29, 1.82) is 0 Å². The molecule has 0 aliphatic rings. The van der Waals surface area contributed by atoms with E-state index in [-0.39, 0.29) is 11.6 Å². The molecule has 0 unspecified atom stereocenters. The third-order valence-electron chi connectivity index (χ3n) is 1.89. The molecular weight excluding hydrogens is 294 g/mol. The maximum Gasteiger partial charge on any atom is 0.223 e. The summed E-state index contributed by atoms with van der Waals surface area (Å²) in [6.07, 6.45) is 0. The van der Waals surface area contributed by atoms with Gasteiger partial charge in [-0.15, -0.1) is 0 Å². The quantitative estimate of drug-likeness (QED) is 0.795. The monoisotopic (exact) mass is 300 g/mol. The first kappa shape index (κ1) is 11.9. The molecule has 1 aromatic carbocycles. The lowest BCUT2D eigenvalue weighted by Gasteiger charge is -2.06. The molecular formula is C11H7BrF2N2O. The topological polar surface area (TPSA) is 35.0 Å². The summed E-state index contributed by atoms with van der Waals surface area (Å²) in [4.78, 5) is 7.95. The van der Waals surface area contributed by atoms with Crippen LogP contribution in [0.1, 0.15) is 5.82 Å². The zero-order valence-corrected chi connectivity index (χ0v) is 10.3. The van der Waals surface area contributed by atoms with Crippen molar-refractivity contribution in [2.45, 2.75) is 6.92 Å². The molecule has 3 nitrogen and oxygen atoms in total. The van der Waals surface area contributed by atoms with Crippen LogP contribution in [0.15, 0.2) is 28.9 Å². The molecule has 17 heavy (non-hydrogen) atoms. The highest BCUT2D eigenvalue weighted by Crippen LogP contribution is 2.24. The summed E-state index contributed by atoms with van der Waals surface area (Å²) in [6, 6.07) is 4.56. The number of hydrogen-bond donors (Lipinski definition) is 0. The Labute approximate surface area is 105 Å². The van der Waals surface area contributed by atoms with E-state index >= 15 is 0 Å². The Kier molecular flexibility index (Phi) is 3.33. The van der Waals surface area contributed by atoms with Crippen LogP contribution in [0.2, 0.25) is 0 Å². The molecule has 6 heteroatoms. The molecule has 0 bridgehead atoms. The Balaban J connectivity index is 2.31. The third kappa shape index (κ3) is 2.97. The molecule has 2 rings (SSSR count). The summed E-state index contributed by atoms with van der Waals surface area (Å²) < 4.78 is 31.7. The summed E-state index contributed by atoms with van der Waals surface area (Å²) in [5, 5.41) is 0. The maximum atomic E-state index is 13.3. The number of aryl methyl sites for hydroxylation is 1. The van der Waals surface area contributed by atoms with Crippen molar-refractivity contribution in [3.63, 3.8) is 0 Å². The Bertz CT molecular complexity index is 543. The van der Waals surface area contributed by atoms with Crippen LogP contribution in [0.25, 0.3) is 0 Å². The fraction of sp³-hybridized carbons (Fsp3) is 0.0909. The number of hydrogen-bond acceptors (Lipinski definition) is 3. The Morgan fingerprint density at radius 3 is 2.59 bits per heavy atom. The van der Waals surface area contributed by atoms with Gasteiger partial charge in [-0.3, -0.25) is 0 Å². The maximum absolute atomic E-state index is 13.3. The van der Waals surface area contributed by atoms with Gasteiger partial charge in [-0.2, -0.15) is 4.98 Å². The normalized spacial score (nSPS) is 10.4. The van der Waals surface area contributed by atoms with E-state index in [1.165, 1.54) is 12.1 Å². The van der Waals surface area contributed by atoms with E-state index in [1.54, 1.807) is 6.92 Å². The van der Waals surface area contributed by atoms with Crippen molar-refractivity contribution in [2.24, 2.45) is 0 Å². The second-order valence-electron chi connectivity index (χ2n) is 3.25. The largest absolute Gasteiger partial charge is 0.436 e. The minimum absolute atomic E-state index is 0.0867. The molecule has 0 saturated heterocycles. The van der Waals surface area contributed by atoms with E-state index in [2.05, 4.69) is 25.9 Å². The fourth-order valence-electron chi connectivity index (χ4n) is 1.23. The first-order chi connectivity index (χ1) is 8.04. The Hall–Kier alpha value is -1.56. The molecule has 88 valence electrons. The molecule has 1 aromatic heterocycles. The van der Waals surface area contributed by atoms with E-state index in [0.29, 0.717) is 10.4 Å². The van der Waals surface area contributed by atoms with Gasteiger partial charge in [0, 0.05) is 12.1 Å². The minimum Gasteiger partial charge on any atom is -0.436 e. The Morgan fingerprint density at radius 2 is 1.94 bits per heavy atom. The van der Waals surface area contributed by atoms with Crippen molar-refractivity contribution in [2.75, 3.05) is 0 Å². The van der Waals surface area contributed by atoms with Gasteiger partial charge >= 0.3 is 0 Å². The van der Waals surface area contributed by atoms with Crippen LogP contribution in [0.3, 0.4) is 0 Å². The first-order valence-electron chi connectivity index (χ1n) is 4.69. The van der Waals surface area contributed by atoms with E-state index in [0.717, 1.165) is 12.1 Å². The van der Waals surface area contributed by atoms with Crippen LogP contribution < -0.4 is 4.74 Å². The van der Waals surface area contributed by atoms with E-state index in [9.17, 15) is 8.78 Å². The molecule has 0 spiro atoms. The second-order valence-corrected chi connectivity index (χ2v) is 4.07.